The lowest BCUT2D eigenvalue weighted by Gasteiger charge is -2.27. The fourth-order valence-electron chi connectivity index (χ4n) is 4.92. The molecule has 2 aromatic rings. The zero-order valence-corrected chi connectivity index (χ0v) is 25.4. The lowest BCUT2D eigenvalue weighted by molar-refractivity contribution is 0.0952. The van der Waals surface area contributed by atoms with Gasteiger partial charge in [-0.05, 0) is 56.0 Å². The maximum absolute atomic E-state index is 12.9. The highest BCUT2D eigenvalue weighted by Gasteiger charge is 2.16. The molecule has 1 saturated carbocycles. The summed E-state index contributed by atoms with van der Waals surface area (Å²) in [5.74, 6) is 0.00847. The van der Waals surface area contributed by atoms with E-state index in [0.717, 1.165) is 70.0 Å². The molecule has 216 valence electrons. The Morgan fingerprint density at radius 3 is 2.29 bits per heavy atom. The molecular formula is C28H45Cl4N5O. The second-order valence-corrected chi connectivity index (χ2v) is 9.63. The van der Waals surface area contributed by atoms with Gasteiger partial charge in [0.05, 0.1) is 11.4 Å². The van der Waals surface area contributed by atoms with Crippen LogP contribution in [-0.4, -0.2) is 56.1 Å². The molecule has 1 saturated heterocycles. The Bertz CT molecular complexity index is 894. The summed E-state index contributed by atoms with van der Waals surface area (Å²) in [6.45, 7) is 7.01. The van der Waals surface area contributed by atoms with Gasteiger partial charge in [-0.25, -0.2) is 0 Å². The van der Waals surface area contributed by atoms with E-state index in [-0.39, 0.29) is 55.5 Å². The lowest BCUT2D eigenvalue weighted by Crippen LogP contribution is -2.43. The van der Waals surface area contributed by atoms with Crippen molar-refractivity contribution in [2.24, 2.45) is 0 Å². The van der Waals surface area contributed by atoms with Crippen molar-refractivity contribution in [1.82, 2.24) is 15.5 Å². The molecule has 1 aliphatic carbocycles. The van der Waals surface area contributed by atoms with Gasteiger partial charge in [-0.1, -0.05) is 49.6 Å². The maximum atomic E-state index is 12.9. The van der Waals surface area contributed by atoms with Crippen molar-refractivity contribution < 1.29 is 4.79 Å². The second kappa shape index (κ2) is 20.5. The number of hydrogen-bond acceptors (Lipinski definition) is 5. The van der Waals surface area contributed by atoms with Crippen LogP contribution in [0.15, 0.2) is 48.5 Å². The third kappa shape index (κ3) is 12.2. The Kier molecular flexibility index (Phi) is 19.7. The molecule has 0 atom stereocenters. The van der Waals surface area contributed by atoms with Crippen LogP contribution >= 0.6 is 49.6 Å². The van der Waals surface area contributed by atoms with E-state index < -0.39 is 0 Å². The largest absolute Gasteiger partial charge is 0.381 e. The molecule has 2 fully saturated rings. The zero-order valence-electron chi connectivity index (χ0n) is 22.1. The summed E-state index contributed by atoms with van der Waals surface area (Å²) in [6, 6.07) is 16.9. The number of nitrogens with zero attached hydrogens (tertiary/aromatic N) is 1. The van der Waals surface area contributed by atoms with Crippen molar-refractivity contribution in [3.63, 3.8) is 0 Å². The molecule has 0 radical (unpaired) electrons. The molecule has 0 aromatic heterocycles. The van der Waals surface area contributed by atoms with Gasteiger partial charge < -0.3 is 26.2 Å². The first-order valence-electron chi connectivity index (χ1n) is 13.2. The third-order valence-electron chi connectivity index (χ3n) is 6.97. The van der Waals surface area contributed by atoms with E-state index in [1.54, 1.807) is 0 Å². The van der Waals surface area contributed by atoms with Gasteiger partial charge in [0.2, 0.25) is 0 Å². The summed E-state index contributed by atoms with van der Waals surface area (Å²) < 4.78 is 0. The standard InChI is InChI=1S/C28H41N5O.4ClH/c34-28(30-15-7-8-18-33-19-16-29-17-20-33)24-13-14-26(32-25-11-5-2-6-12-25)27(21-24)31-22-23-9-3-1-4-10-23;;;;/h1,3-4,9-10,13-14,21,25,29,31-32H,2,5-8,11-12,15-20,22H2,(H,30,34);4*1H. The molecule has 2 aromatic carbocycles. The zero-order chi connectivity index (χ0) is 23.4. The molecular weight excluding hydrogens is 564 g/mol. The van der Waals surface area contributed by atoms with Gasteiger partial charge in [0.15, 0.2) is 0 Å². The fraction of sp³-hybridized carbons (Fsp3) is 0.536. The molecule has 1 heterocycles. The molecule has 38 heavy (non-hydrogen) atoms. The van der Waals surface area contributed by atoms with Gasteiger partial charge in [-0.3, -0.25) is 4.79 Å². The number of piperazine rings is 1. The SMILES string of the molecule is Cl.Cl.Cl.Cl.O=C(NCCCCN1CCNCC1)c1ccc(NC2CCCCC2)c(NCc2ccccc2)c1. The number of anilines is 2. The van der Waals surface area contributed by atoms with Gasteiger partial charge >= 0.3 is 0 Å². The average molecular weight is 610 g/mol. The van der Waals surface area contributed by atoms with Gasteiger partial charge in [0.1, 0.15) is 0 Å². The molecule has 1 amide bonds. The first-order chi connectivity index (χ1) is 16.8. The van der Waals surface area contributed by atoms with Crippen molar-refractivity contribution in [2.45, 2.75) is 57.5 Å². The second-order valence-electron chi connectivity index (χ2n) is 9.63. The number of rotatable bonds is 11. The van der Waals surface area contributed by atoms with Gasteiger partial charge in [0, 0.05) is 50.9 Å². The van der Waals surface area contributed by atoms with Crippen LogP contribution in [0.5, 0.6) is 0 Å². The number of halogens is 4. The third-order valence-corrected chi connectivity index (χ3v) is 6.97. The summed E-state index contributed by atoms with van der Waals surface area (Å²) in [4.78, 5) is 15.4. The molecule has 1 aliphatic heterocycles. The highest BCUT2D eigenvalue weighted by atomic mass is 35.5. The molecule has 0 bridgehead atoms. The van der Waals surface area contributed by atoms with Crippen LogP contribution in [0.25, 0.3) is 0 Å². The normalized spacial score (nSPS) is 15.5. The predicted octanol–water partition coefficient (Wildman–Crippen LogP) is 6.15. The van der Waals surface area contributed by atoms with E-state index in [1.165, 1.54) is 37.7 Å². The Hall–Kier alpha value is -1.41. The van der Waals surface area contributed by atoms with Crippen molar-refractivity contribution in [3.05, 3.63) is 59.7 Å². The number of amides is 1. The van der Waals surface area contributed by atoms with Crippen LogP contribution in [0.1, 0.15) is 60.9 Å². The van der Waals surface area contributed by atoms with Crippen molar-refractivity contribution in [2.75, 3.05) is 49.9 Å². The van der Waals surface area contributed by atoms with E-state index in [0.29, 0.717) is 11.6 Å². The summed E-state index contributed by atoms with van der Waals surface area (Å²) >= 11 is 0. The molecule has 0 spiro atoms. The van der Waals surface area contributed by atoms with Crippen LogP contribution in [0, 0.1) is 0 Å². The van der Waals surface area contributed by atoms with E-state index in [4.69, 9.17) is 0 Å². The first-order valence-corrected chi connectivity index (χ1v) is 13.2. The Morgan fingerprint density at radius 2 is 1.58 bits per heavy atom. The number of carbonyl (C=O) groups excluding carboxylic acids is 1. The van der Waals surface area contributed by atoms with E-state index in [1.807, 2.05) is 18.2 Å². The quantitative estimate of drug-likeness (QED) is 0.231. The van der Waals surface area contributed by atoms with Crippen LogP contribution in [0.4, 0.5) is 11.4 Å². The van der Waals surface area contributed by atoms with Crippen molar-refractivity contribution in [3.8, 4) is 0 Å². The lowest BCUT2D eigenvalue weighted by atomic mass is 9.95. The minimum absolute atomic E-state index is 0. The minimum Gasteiger partial charge on any atom is -0.381 e. The predicted molar refractivity (Wildman–Crippen MR) is 171 cm³/mol. The monoisotopic (exact) mass is 607 g/mol. The van der Waals surface area contributed by atoms with E-state index in [2.05, 4.69) is 56.5 Å². The van der Waals surface area contributed by atoms with Crippen LogP contribution in [-0.2, 0) is 6.54 Å². The molecule has 4 N–H and O–H groups in total. The van der Waals surface area contributed by atoms with Crippen LogP contribution in [0.3, 0.4) is 0 Å². The molecule has 6 nitrogen and oxygen atoms in total. The summed E-state index contributed by atoms with van der Waals surface area (Å²) in [5, 5.41) is 13.8. The molecule has 0 unspecified atom stereocenters. The van der Waals surface area contributed by atoms with Gasteiger partial charge in [0.25, 0.3) is 5.91 Å². The Labute approximate surface area is 253 Å². The summed E-state index contributed by atoms with van der Waals surface area (Å²) in [7, 11) is 0. The van der Waals surface area contributed by atoms with Crippen molar-refractivity contribution in [1.29, 1.82) is 0 Å². The Morgan fingerprint density at radius 1 is 0.868 bits per heavy atom. The highest BCUT2D eigenvalue weighted by Crippen LogP contribution is 2.28. The van der Waals surface area contributed by atoms with E-state index >= 15 is 0 Å². The molecule has 10 heteroatoms. The topological polar surface area (TPSA) is 68.4 Å². The first kappa shape index (κ1) is 36.6. The van der Waals surface area contributed by atoms with Crippen LogP contribution in [0.2, 0.25) is 0 Å². The number of nitrogens with one attached hydrogen (secondary N) is 4. The summed E-state index contributed by atoms with van der Waals surface area (Å²) in [5.41, 5.74) is 4.04. The number of hydrogen-bond donors (Lipinski definition) is 4. The average Bonchev–Trinajstić information content (AvgIpc) is 2.89. The van der Waals surface area contributed by atoms with Crippen molar-refractivity contribution >= 4 is 66.9 Å². The number of carbonyl (C=O) groups is 1. The minimum atomic E-state index is 0. The summed E-state index contributed by atoms with van der Waals surface area (Å²) in [6.07, 6.45) is 8.48. The number of benzene rings is 2. The number of unbranched alkanes of at least 4 members (excludes halogenated alkanes) is 1. The Balaban J connectivity index is 0.00000342. The maximum Gasteiger partial charge on any atom is 0.251 e. The smallest absolute Gasteiger partial charge is 0.251 e. The van der Waals surface area contributed by atoms with Gasteiger partial charge in [-0.2, -0.15) is 0 Å². The van der Waals surface area contributed by atoms with Gasteiger partial charge in [-0.15, -0.1) is 49.6 Å². The molecule has 2 aliphatic rings. The highest BCUT2D eigenvalue weighted by molar-refractivity contribution is 5.96. The fourth-order valence-corrected chi connectivity index (χ4v) is 4.92. The van der Waals surface area contributed by atoms with E-state index in [9.17, 15) is 4.79 Å². The van der Waals surface area contributed by atoms with Crippen LogP contribution < -0.4 is 21.3 Å². The molecule has 4 rings (SSSR count).